The van der Waals surface area contributed by atoms with Crippen LogP contribution in [0.1, 0.15) is 39.2 Å². The molecule has 0 saturated carbocycles. The Morgan fingerprint density at radius 1 is 1.45 bits per heavy atom. The molecule has 4 heteroatoms. The van der Waals surface area contributed by atoms with E-state index in [4.69, 9.17) is 11.6 Å². The van der Waals surface area contributed by atoms with Gasteiger partial charge in [0.1, 0.15) is 0 Å². The molecule has 1 saturated heterocycles. The Bertz CT molecular complexity index is 466. The summed E-state index contributed by atoms with van der Waals surface area (Å²) in [5, 5.41) is 4.56. The molecular formula is C16H24BrClN2. The summed E-state index contributed by atoms with van der Waals surface area (Å²) in [6, 6.07) is 6.78. The molecule has 0 amide bonds. The van der Waals surface area contributed by atoms with Crippen LogP contribution in [0.25, 0.3) is 0 Å². The predicted molar refractivity (Wildman–Crippen MR) is 90.3 cm³/mol. The maximum atomic E-state index is 6.37. The number of rotatable bonds is 4. The highest BCUT2D eigenvalue weighted by Crippen LogP contribution is 2.26. The van der Waals surface area contributed by atoms with Crippen LogP contribution >= 0.6 is 27.5 Å². The van der Waals surface area contributed by atoms with Crippen LogP contribution in [0.4, 0.5) is 0 Å². The minimum Gasteiger partial charge on any atom is -0.309 e. The molecule has 1 aliphatic rings. The smallest absolute Gasteiger partial charge is 0.0462 e. The second-order valence-corrected chi connectivity index (χ2v) is 7.32. The van der Waals surface area contributed by atoms with Crippen molar-refractivity contribution in [3.63, 3.8) is 0 Å². The molecule has 1 N–H and O–H groups in total. The highest BCUT2D eigenvalue weighted by atomic mass is 79.9. The summed E-state index contributed by atoms with van der Waals surface area (Å²) < 4.78 is 1.04. The second kappa shape index (κ2) is 6.78. The molecule has 0 spiro atoms. The summed E-state index contributed by atoms with van der Waals surface area (Å²) in [6.07, 6.45) is 2.31. The number of hydrogen-bond donors (Lipinski definition) is 1. The van der Waals surface area contributed by atoms with Crippen LogP contribution < -0.4 is 5.32 Å². The van der Waals surface area contributed by atoms with Gasteiger partial charge in [-0.1, -0.05) is 47.4 Å². The first kappa shape index (κ1) is 16.3. The van der Waals surface area contributed by atoms with E-state index in [1.165, 1.54) is 12.0 Å². The van der Waals surface area contributed by atoms with Gasteiger partial charge in [-0.3, -0.25) is 4.90 Å². The molecule has 0 radical (unpaired) electrons. The van der Waals surface area contributed by atoms with E-state index in [-0.39, 0.29) is 5.54 Å². The summed E-state index contributed by atoms with van der Waals surface area (Å²) >= 11 is 9.84. The molecule has 0 aliphatic carbocycles. The Labute approximate surface area is 136 Å². The predicted octanol–water partition coefficient (Wildman–Crippen LogP) is 4.46. The van der Waals surface area contributed by atoms with Crippen molar-refractivity contribution in [2.45, 2.75) is 51.7 Å². The van der Waals surface area contributed by atoms with Crippen LogP contribution in [-0.2, 0) is 6.54 Å². The van der Waals surface area contributed by atoms with E-state index in [2.05, 4.69) is 59.1 Å². The molecule has 2 unspecified atom stereocenters. The maximum absolute atomic E-state index is 6.37. The lowest BCUT2D eigenvalue weighted by atomic mass is 9.92. The van der Waals surface area contributed by atoms with Crippen molar-refractivity contribution in [1.82, 2.24) is 10.2 Å². The van der Waals surface area contributed by atoms with E-state index in [0.717, 1.165) is 35.6 Å². The second-order valence-electron chi connectivity index (χ2n) is 6.00. The topological polar surface area (TPSA) is 15.3 Å². The van der Waals surface area contributed by atoms with Crippen LogP contribution in [0, 0.1) is 0 Å². The standard InChI is InChI=1S/C16H24BrClN2/c1-4-14-9-19-16(3,5-2)11-20(14)10-12-6-7-13(17)8-15(12)18/h6-8,14,19H,4-5,9-11H2,1-3H3. The number of piperazine rings is 1. The molecular weight excluding hydrogens is 336 g/mol. The zero-order valence-corrected chi connectivity index (χ0v) is 14.9. The largest absolute Gasteiger partial charge is 0.309 e. The Morgan fingerprint density at radius 2 is 2.20 bits per heavy atom. The molecule has 1 aliphatic heterocycles. The zero-order valence-electron chi connectivity index (χ0n) is 12.5. The van der Waals surface area contributed by atoms with E-state index in [1.807, 2.05) is 6.07 Å². The van der Waals surface area contributed by atoms with Crippen molar-refractivity contribution >= 4 is 27.5 Å². The zero-order chi connectivity index (χ0) is 14.8. The number of nitrogens with one attached hydrogen (secondary N) is 1. The maximum Gasteiger partial charge on any atom is 0.0462 e. The molecule has 1 heterocycles. The first-order chi connectivity index (χ1) is 9.47. The molecule has 2 atom stereocenters. The fraction of sp³-hybridized carbons (Fsp3) is 0.625. The van der Waals surface area contributed by atoms with Gasteiger partial charge >= 0.3 is 0 Å². The SMILES string of the molecule is CCC1CNC(C)(CC)CN1Cc1ccc(Br)cc1Cl. The first-order valence-electron chi connectivity index (χ1n) is 7.40. The fourth-order valence-electron chi connectivity index (χ4n) is 2.82. The molecule has 2 nitrogen and oxygen atoms in total. The first-order valence-corrected chi connectivity index (χ1v) is 8.57. The van der Waals surface area contributed by atoms with E-state index >= 15 is 0 Å². The van der Waals surface area contributed by atoms with Crippen molar-refractivity contribution in [3.8, 4) is 0 Å². The Kier molecular flexibility index (Phi) is 5.52. The van der Waals surface area contributed by atoms with E-state index in [1.54, 1.807) is 0 Å². The Hall–Kier alpha value is -0.0900. The molecule has 1 fully saturated rings. The van der Waals surface area contributed by atoms with E-state index in [0.29, 0.717) is 6.04 Å². The van der Waals surface area contributed by atoms with Crippen LogP contribution in [0.3, 0.4) is 0 Å². The molecule has 20 heavy (non-hydrogen) atoms. The van der Waals surface area contributed by atoms with Gasteiger partial charge in [0, 0.05) is 40.7 Å². The molecule has 1 aromatic rings. The summed E-state index contributed by atoms with van der Waals surface area (Å²) in [5.74, 6) is 0. The fourth-order valence-corrected chi connectivity index (χ4v) is 3.55. The normalized spacial score (nSPS) is 27.8. The molecule has 0 bridgehead atoms. The summed E-state index contributed by atoms with van der Waals surface area (Å²) in [7, 11) is 0. The van der Waals surface area contributed by atoms with Crippen molar-refractivity contribution in [1.29, 1.82) is 0 Å². The van der Waals surface area contributed by atoms with E-state index < -0.39 is 0 Å². The summed E-state index contributed by atoms with van der Waals surface area (Å²) in [4.78, 5) is 2.58. The van der Waals surface area contributed by atoms with Gasteiger partial charge in [0.2, 0.25) is 0 Å². The van der Waals surface area contributed by atoms with Crippen molar-refractivity contribution in [3.05, 3.63) is 33.3 Å². The van der Waals surface area contributed by atoms with Gasteiger partial charge in [-0.25, -0.2) is 0 Å². The number of nitrogens with zero attached hydrogens (tertiary/aromatic N) is 1. The van der Waals surface area contributed by atoms with Crippen molar-refractivity contribution in [2.75, 3.05) is 13.1 Å². The number of hydrogen-bond acceptors (Lipinski definition) is 2. The van der Waals surface area contributed by atoms with Crippen LogP contribution in [-0.4, -0.2) is 29.6 Å². The monoisotopic (exact) mass is 358 g/mol. The molecule has 0 aromatic heterocycles. The molecule has 1 aromatic carbocycles. The Morgan fingerprint density at radius 3 is 2.80 bits per heavy atom. The number of halogens is 2. The summed E-state index contributed by atoms with van der Waals surface area (Å²) in [5.41, 5.74) is 1.43. The van der Waals surface area contributed by atoms with Gasteiger partial charge in [-0.05, 0) is 37.5 Å². The third-order valence-electron chi connectivity index (χ3n) is 4.47. The van der Waals surface area contributed by atoms with Crippen molar-refractivity contribution < 1.29 is 0 Å². The number of benzene rings is 1. The van der Waals surface area contributed by atoms with Crippen LogP contribution in [0.2, 0.25) is 5.02 Å². The Balaban J connectivity index is 2.15. The van der Waals surface area contributed by atoms with Crippen LogP contribution in [0.15, 0.2) is 22.7 Å². The molecule has 112 valence electrons. The van der Waals surface area contributed by atoms with Gasteiger partial charge in [-0.2, -0.15) is 0 Å². The minimum atomic E-state index is 0.216. The van der Waals surface area contributed by atoms with Gasteiger partial charge in [0.25, 0.3) is 0 Å². The third kappa shape index (κ3) is 3.76. The lowest BCUT2D eigenvalue weighted by Gasteiger charge is -2.46. The van der Waals surface area contributed by atoms with Gasteiger partial charge in [0.15, 0.2) is 0 Å². The van der Waals surface area contributed by atoms with Crippen LogP contribution in [0.5, 0.6) is 0 Å². The lowest BCUT2D eigenvalue weighted by molar-refractivity contribution is 0.0755. The van der Waals surface area contributed by atoms with Gasteiger partial charge < -0.3 is 5.32 Å². The highest BCUT2D eigenvalue weighted by molar-refractivity contribution is 9.10. The third-order valence-corrected chi connectivity index (χ3v) is 5.32. The summed E-state index contributed by atoms with van der Waals surface area (Å²) in [6.45, 7) is 9.90. The quantitative estimate of drug-likeness (QED) is 0.854. The molecule has 2 rings (SSSR count). The van der Waals surface area contributed by atoms with Gasteiger partial charge in [-0.15, -0.1) is 0 Å². The van der Waals surface area contributed by atoms with Crippen molar-refractivity contribution in [2.24, 2.45) is 0 Å². The minimum absolute atomic E-state index is 0.216. The average molecular weight is 360 g/mol. The average Bonchev–Trinajstić information content (AvgIpc) is 2.42. The lowest BCUT2D eigenvalue weighted by Crippen LogP contribution is -2.62. The van der Waals surface area contributed by atoms with E-state index in [9.17, 15) is 0 Å². The highest BCUT2D eigenvalue weighted by Gasteiger charge is 2.33. The van der Waals surface area contributed by atoms with Gasteiger partial charge in [0.05, 0.1) is 0 Å².